The molecule has 2 aromatic rings. The Balaban J connectivity index is 1.45. The summed E-state index contributed by atoms with van der Waals surface area (Å²) in [4.78, 5) is 12.6. The zero-order chi connectivity index (χ0) is 21.6. The van der Waals surface area contributed by atoms with E-state index in [1.165, 1.54) is 30.7 Å². The summed E-state index contributed by atoms with van der Waals surface area (Å²) in [6.45, 7) is 6.82. The van der Waals surface area contributed by atoms with E-state index < -0.39 is 10.0 Å². The number of rotatable bonds is 5. The minimum absolute atomic E-state index is 0.0198. The fourth-order valence-electron chi connectivity index (χ4n) is 4.79. The third kappa shape index (κ3) is 3.41. The highest BCUT2D eigenvalue weighted by Gasteiger charge is 2.60. The number of benzene rings is 2. The summed E-state index contributed by atoms with van der Waals surface area (Å²) in [6, 6.07) is 14.5. The van der Waals surface area contributed by atoms with Crippen LogP contribution in [0.5, 0.6) is 0 Å². The Morgan fingerprint density at radius 3 is 2.27 bits per heavy atom. The summed E-state index contributed by atoms with van der Waals surface area (Å²) in [5, 5.41) is 4.46. The Morgan fingerprint density at radius 2 is 1.70 bits per heavy atom. The van der Waals surface area contributed by atoms with Gasteiger partial charge in [0, 0.05) is 22.4 Å². The number of sulfonamides is 1. The second-order valence-electron chi connectivity index (χ2n) is 8.99. The fraction of sp³-hybridized carbons (Fsp3) is 0.391. The number of anilines is 1. The lowest BCUT2D eigenvalue weighted by molar-refractivity contribution is 0.0953. The molecule has 2 atom stereocenters. The molecule has 6 nitrogen and oxygen atoms in total. The number of hydrazone groups is 1. The van der Waals surface area contributed by atoms with Gasteiger partial charge in [-0.25, -0.2) is 13.8 Å². The van der Waals surface area contributed by atoms with Gasteiger partial charge in [0.15, 0.2) is 0 Å². The van der Waals surface area contributed by atoms with Crippen molar-refractivity contribution >= 4 is 27.3 Å². The van der Waals surface area contributed by atoms with Crippen LogP contribution in [0.3, 0.4) is 0 Å². The van der Waals surface area contributed by atoms with Crippen LogP contribution >= 0.6 is 0 Å². The van der Waals surface area contributed by atoms with E-state index in [9.17, 15) is 13.2 Å². The van der Waals surface area contributed by atoms with Crippen molar-refractivity contribution in [2.24, 2.45) is 21.8 Å². The van der Waals surface area contributed by atoms with Crippen molar-refractivity contribution in [1.82, 2.24) is 5.43 Å². The van der Waals surface area contributed by atoms with Crippen LogP contribution < -0.4 is 10.1 Å². The van der Waals surface area contributed by atoms with Gasteiger partial charge in [-0.1, -0.05) is 39.0 Å². The van der Waals surface area contributed by atoms with Gasteiger partial charge >= 0.3 is 0 Å². The summed E-state index contributed by atoms with van der Waals surface area (Å²) in [5.41, 5.74) is 4.79. The number of para-hydroxylation sites is 1. The molecule has 7 heteroatoms. The van der Waals surface area contributed by atoms with E-state index in [1.807, 2.05) is 6.07 Å². The molecule has 2 aliphatic carbocycles. The third-order valence-corrected chi connectivity index (χ3v) is 8.65. The number of nitrogens with zero attached hydrogens (tertiary/aromatic N) is 1. The van der Waals surface area contributed by atoms with Crippen molar-refractivity contribution < 1.29 is 13.2 Å². The summed E-state index contributed by atoms with van der Waals surface area (Å²) in [5.74, 6) is 0.270. The average Bonchev–Trinajstić information content (AvgIpc) is 3.06. The standard InChI is InChI=1S/C23H27N3O3S/c1-22(2)17-13-14-23(22,3)20(15-17)24-25-21(27)16-9-11-19(12-10-16)30(28,29)26-18-7-5-4-6-8-18/h4-12,17,26H,13-15H2,1-3H3,(H,25,27)/b24-20+/t17-,23+/m0/s1. The van der Waals surface area contributed by atoms with Gasteiger partial charge in [0.05, 0.1) is 4.90 Å². The van der Waals surface area contributed by atoms with Gasteiger partial charge in [0.2, 0.25) is 0 Å². The van der Waals surface area contributed by atoms with Crippen LogP contribution in [-0.2, 0) is 10.0 Å². The number of fused-ring (bicyclic) bond motifs is 2. The van der Waals surface area contributed by atoms with Gasteiger partial charge in [0.1, 0.15) is 0 Å². The van der Waals surface area contributed by atoms with Gasteiger partial charge in [-0.2, -0.15) is 5.10 Å². The van der Waals surface area contributed by atoms with Crippen LogP contribution in [0.15, 0.2) is 64.6 Å². The Bertz CT molecular complexity index is 1090. The van der Waals surface area contributed by atoms with Gasteiger partial charge < -0.3 is 0 Å². The number of amides is 1. The van der Waals surface area contributed by atoms with E-state index in [4.69, 9.17) is 0 Å². The van der Waals surface area contributed by atoms with Crippen molar-refractivity contribution in [3.05, 3.63) is 60.2 Å². The zero-order valence-corrected chi connectivity index (χ0v) is 18.3. The summed E-state index contributed by atoms with van der Waals surface area (Å²) >= 11 is 0. The number of carbonyl (C=O) groups excluding carboxylic acids is 1. The predicted molar refractivity (Wildman–Crippen MR) is 118 cm³/mol. The minimum Gasteiger partial charge on any atom is -0.280 e. The SMILES string of the molecule is CC1(C)[C@H]2CC[C@]1(C)/C(=N/NC(=O)c1ccc(S(=O)(=O)Nc3ccccc3)cc1)C2. The molecule has 0 aliphatic heterocycles. The van der Waals surface area contributed by atoms with E-state index >= 15 is 0 Å². The van der Waals surface area contributed by atoms with Crippen molar-refractivity contribution in [2.75, 3.05) is 4.72 Å². The minimum atomic E-state index is -3.72. The molecule has 0 aromatic heterocycles. The molecule has 0 spiro atoms. The second-order valence-corrected chi connectivity index (χ2v) is 10.7. The monoisotopic (exact) mass is 425 g/mol. The molecule has 2 aliphatic rings. The molecule has 0 unspecified atom stereocenters. The second kappa shape index (κ2) is 7.23. The van der Waals surface area contributed by atoms with E-state index in [2.05, 4.69) is 36.0 Å². The first-order valence-electron chi connectivity index (χ1n) is 10.2. The Kier molecular flexibility index (Phi) is 4.97. The first-order valence-corrected chi connectivity index (χ1v) is 11.7. The lowest BCUT2D eigenvalue weighted by atomic mass is 9.70. The van der Waals surface area contributed by atoms with Crippen molar-refractivity contribution in [3.8, 4) is 0 Å². The molecule has 2 aromatic carbocycles. The number of nitrogens with one attached hydrogen (secondary N) is 2. The maximum Gasteiger partial charge on any atom is 0.271 e. The molecule has 0 saturated heterocycles. The molecule has 0 radical (unpaired) electrons. The molecule has 0 heterocycles. The lowest BCUT2D eigenvalue weighted by Gasteiger charge is -2.34. The van der Waals surface area contributed by atoms with E-state index in [0.717, 1.165) is 18.6 Å². The molecular weight excluding hydrogens is 398 g/mol. The van der Waals surface area contributed by atoms with Gasteiger partial charge in [-0.05, 0) is 67.0 Å². The Hall–Kier alpha value is -2.67. The average molecular weight is 426 g/mol. The summed E-state index contributed by atoms with van der Waals surface area (Å²) in [7, 11) is -3.72. The highest BCUT2D eigenvalue weighted by atomic mass is 32.2. The smallest absolute Gasteiger partial charge is 0.271 e. The molecule has 2 saturated carbocycles. The van der Waals surface area contributed by atoms with Gasteiger partial charge in [-0.3, -0.25) is 9.52 Å². The third-order valence-electron chi connectivity index (χ3n) is 7.26. The fourth-order valence-corrected chi connectivity index (χ4v) is 5.84. The molecule has 4 rings (SSSR count). The lowest BCUT2D eigenvalue weighted by Crippen LogP contribution is -2.34. The largest absolute Gasteiger partial charge is 0.280 e. The molecule has 2 bridgehead atoms. The van der Waals surface area contributed by atoms with Crippen molar-refractivity contribution in [1.29, 1.82) is 0 Å². The zero-order valence-electron chi connectivity index (χ0n) is 17.5. The maximum atomic E-state index is 12.5. The molecule has 1 amide bonds. The highest BCUT2D eigenvalue weighted by molar-refractivity contribution is 7.92. The van der Waals surface area contributed by atoms with E-state index in [1.54, 1.807) is 24.3 Å². The van der Waals surface area contributed by atoms with Crippen LogP contribution in [0.1, 0.15) is 50.4 Å². The quantitative estimate of drug-likeness (QED) is 0.695. The maximum absolute atomic E-state index is 12.5. The molecule has 30 heavy (non-hydrogen) atoms. The normalized spacial score (nSPS) is 26.0. The van der Waals surface area contributed by atoms with Crippen molar-refractivity contribution in [2.45, 2.75) is 44.9 Å². The van der Waals surface area contributed by atoms with Crippen LogP contribution in [0.4, 0.5) is 5.69 Å². The summed E-state index contributed by atoms with van der Waals surface area (Å²) < 4.78 is 27.6. The first kappa shape index (κ1) is 20.6. The predicted octanol–water partition coefficient (Wildman–Crippen LogP) is 4.42. The van der Waals surface area contributed by atoms with Crippen molar-refractivity contribution in [3.63, 3.8) is 0 Å². The Labute approximate surface area is 177 Å². The Morgan fingerprint density at radius 1 is 1.03 bits per heavy atom. The van der Waals surface area contributed by atoms with Gasteiger partial charge in [-0.15, -0.1) is 0 Å². The van der Waals surface area contributed by atoms with Crippen LogP contribution in [0, 0.1) is 16.7 Å². The molecule has 2 fully saturated rings. The topological polar surface area (TPSA) is 87.6 Å². The summed E-state index contributed by atoms with van der Waals surface area (Å²) in [6.07, 6.45) is 3.23. The van der Waals surface area contributed by atoms with Gasteiger partial charge in [0.25, 0.3) is 15.9 Å². The number of carbonyl (C=O) groups is 1. The van der Waals surface area contributed by atoms with E-state index in [-0.39, 0.29) is 21.6 Å². The first-order chi connectivity index (χ1) is 14.1. The van der Waals surface area contributed by atoms with Crippen LogP contribution in [0.2, 0.25) is 0 Å². The highest BCUT2D eigenvalue weighted by Crippen LogP contribution is 2.63. The number of hydrogen-bond acceptors (Lipinski definition) is 4. The molecular formula is C23H27N3O3S. The molecule has 2 N–H and O–H groups in total. The van der Waals surface area contributed by atoms with Crippen LogP contribution in [-0.4, -0.2) is 20.0 Å². The number of hydrogen-bond donors (Lipinski definition) is 2. The van der Waals surface area contributed by atoms with E-state index in [0.29, 0.717) is 17.2 Å². The molecule has 158 valence electrons. The van der Waals surface area contributed by atoms with Crippen LogP contribution in [0.25, 0.3) is 0 Å².